The molecular formula is C8H4BrF3O2. The predicted octanol–water partition coefficient (Wildman–Crippen LogP) is 2.65. The fraction of sp³-hybridized carbons (Fsp3) is 0.125. The van der Waals surface area contributed by atoms with Gasteiger partial charge in [-0.2, -0.15) is 0 Å². The number of methoxy groups -OCH3 is 1. The Bertz CT molecular complexity index is 393. The Morgan fingerprint density at radius 2 is 1.93 bits per heavy atom. The lowest BCUT2D eigenvalue weighted by Gasteiger charge is -2.04. The minimum atomic E-state index is -1.57. The van der Waals surface area contributed by atoms with Crippen LogP contribution in [0.4, 0.5) is 13.2 Å². The molecule has 1 aromatic rings. The average molecular weight is 269 g/mol. The summed E-state index contributed by atoms with van der Waals surface area (Å²) < 4.78 is 42.6. The molecule has 0 N–H and O–H groups in total. The van der Waals surface area contributed by atoms with Crippen molar-refractivity contribution in [1.29, 1.82) is 0 Å². The van der Waals surface area contributed by atoms with Crippen LogP contribution in [0.2, 0.25) is 0 Å². The first-order valence-corrected chi connectivity index (χ1v) is 4.19. The van der Waals surface area contributed by atoms with Crippen LogP contribution in [0.5, 0.6) is 0 Å². The summed E-state index contributed by atoms with van der Waals surface area (Å²) in [5.41, 5.74) is -1.03. The van der Waals surface area contributed by atoms with E-state index in [-0.39, 0.29) is 4.47 Å². The predicted molar refractivity (Wildman–Crippen MR) is 45.4 cm³/mol. The standard InChI is InChI=1S/C8H4BrF3O2/c1-14-8(13)5-4(10)2-3(9)6(11)7(5)12/h2H,1H3. The van der Waals surface area contributed by atoms with Crippen LogP contribution in [0.25, 0.3) is 0 Å². The largest absolute Gasteiger partial charge is 0.465 e. The second-order valence-electron chi connectivity index (χ2n) is 2.33. The quantitative estimate of drug-likeness (QED) is 0.445. The van der Waals surface area contributed by atoms with Crippen molar-refractivity contribution in [2.24, 2.45) is 0 Å². The van der Waals surface area contributed by atoms with Gasteiger partial charge in [0.15, 0.2) is 11.6 Å². The first-order valence-electron chi connectivity index (χ1n) is 3.40. The molecule has 2 nitrogen and oxygen atoms in total. The van der Waals surface area contributed by atoms with E-state index < -0.39 is 29.0 Å². The normalized spacial score (nSPS) is 10.1. The molecular weight excluding hydrogens is 265 g/mol. The van der Waals surface area contributed by atoms with Crippen molar-refractivity contribution in [2.75, 3.05) is 7.11 Å². The molecule has 0 spiro atoms. The molecule has 0 aliphatic rings. The van der Waals surface area contributed by atoms with Gasteiger partial charge in [-0.1, -0.05) is 0 Å². The second-order valence-corrected chi connectivity index (χ2v) is 3.19. The number of hydrogen-bond donors (Lipinski definition) is 0. The molecule has 0 saturated carbocycles. The SMILES string of the molecule is COC(=O)c1c(F)cc(Br)c(F)c1F. The van der Waals surface area contributed by atoms with Crippen LogP contribution < -0.4 is 0 Å². The van der Waals surface area contributed by atoms with Crippen LogP contribution >= 0.6 is 15.9 Å². The van der Waals surface area contributed by atoms with E-state index in [9.17, 15) is 18.0 Å². The zero-order chi connectivity index (χ0) is 10.9. The van der Waals surface area contributed by atoms with Crippen molar-refractivity contribution >= 4 is 21.9 Å². The molecule has 0 fully saturated rings. The zero-order valence-electron chi connectivity index (χ0n) is 6.91. The van der Waals surface area contributed by atoms with Crippen LogP contribution in [0.3, 0.4) is 0 Å². The molecule has 0 heterocycles. The Morgan fingerprint density at radius 3 is 2.43 bits per heavy atom. The minimum Gasteiger partial charge on any atom is -0.465 e. The lowest BCUT2D eigenvalue weighted by Crippen LogP contribution is -2.09. The van der Waals surface area contributed by atoms with Gasteiger partial charge in [-0.3, -0.25) is 0 Å². The van der Waals surface area contributed by atoms with Gasteiger partial charge in [0.1, 0.15) is 11.4 Å². The highest BCUT2D eigenvalue weighted by molar-refractivity contribution is 9.10. The van der Waals surface area contributed by atoms with E-state index in [4.69, 9.17) is 0 Å². The zero-order valence-corrected chi connectivity index (χ0v) is 8.49. The molecule has 1 aromatic carbocycles. The molecule has 0 atom stereocenters. The second kappa shape index (κ2) is 4.00. The van der Waals surface area contributed by atoms with Crippen LogP contribution in [-0.2, 0) is 4.74 Å². The lowest BCUT2D eigenvalue weighted by molar-refractivity contribution is 0.0588. The summed E-state index contributed by atoms with van der Waals surface area (Å²) in [5, 5.41) is 0. The van der Waals surface area contributed by atoms with Gasteiger partial charge in [0, 0.05) is 0 Å². The van der Waals surface area contributed by atoms with E-state index >= 15 is 0 Å². The van der Waals surface area contributed by atoms with Crippen molar-refractivity contribution in [3.63, 3.8) is 0 Å². The third-order valence-electron chi connectivity index (χ3n) is 1.50. The Kier molecular flexibility index (Phi) is 3.15. The number of carbonyl (C=O) groups excluding carboxylic acids is 1. The summed E-state index contributed by atoms with van der Waals surface area (Å²) in [5.74, 6) is -5.33. The number of carbonyl (C=O) groups is 1. The van der Waals surface area contributed by atoms with Gasteiger partial charge in [-0.15, -0.1) is 0 Å². The Balaban J connectivity index is 3.44. The highest BCUT2D eigenvalue weighted by atomic mass is 79.9. The molecule has 14 heavy (non-hydrogen) atoms. The highest BCUT2D eigenvalue weighted by Gasteiger charge is 2.23. The molecule has 0 aliphatic heterocycles. The van der Waals surface area contributed by atoms with Gasteiger partial charge in [0.25, 0.3) is 0 Å². The van der Waals surface area contributed by atoms with Gasteiger partial charge in [-0.25, -0.2) is 18.0 Å². The van der Waals surface area contributed by atoms with E-state index in [1.54, 1.807) is 0 Å². The van der Waals surface area contributed by atoms with E-state index in [1.807, 2.05) is 0 Å². The molecule has 0 unspecified atom stereocenters. The average Bonchev–Trinajstić information content (AvgIpc) is 2.14. The molecule has 0 aliphatic carbocycles. The molecule has 0 amide bonds. The smallest absolute Gasteiger partial charge is 0.343 e. The van der Waals surface area contributed by atoms with Gasteiger partial charge in [0.05, 0.1) is 11.6 Å². The molecule has 0 saturated heterocycles. The Morgan fingerprint density at radius 1 is 1.36 bits per heavy atom. The van der Waals surface area contributed by atoms with Crippen molar-refractivity contribution in [2.45, 2.75) is 0 Å². The van der Waals surface area contributed by atoms with Crippen molar-refractivity contribution in [1.82, 2.24) is 0 Å². The van der Waals surface area contributed by atoms with E-state index in [1.165, 1.54) is 0 Å². The summed E-state index contributed by atoms with van der Waals surface area (Å²) in [6.45, 7) is 0. The number of esters is 1. The molecule has 76 valence electrons. The summed E-state index contributed by atoms with van der Waals surface area (Å²) >= 11 is 2.59. The van der Waals surface area contributed by atoms with Gasteiger partial charge < -0.3 is 4.74 Å². The summed E-state index contributed by atoms with van der Waals surface area (Å²) in [7, 11) is 0.946. The topological polar surface area (TPSA) is 26.3 Å². The highest BCUT2D eigenvalue weighted by Crippen LogP contribution is 2.24. The summed E-state index contributed by atoms with van der Waals surface area (Å²) in [4.78, 5) is 10.8. The third-order valence-corrected chi connectivity index (χ3v) is 2.08. The molecule has 1 rings (SSSR count). The van der Waals surface area contributed by atoms with Crippen molar-refractivity contribution in [3.05, 3.63) is 33.6 Å². The number of benzene rings is 1. The van der Waals surface area contributed by atoms with E-state index in [2.05, 4.69) is 20.7 Å². The number of rotatable bonds is 1. The first kappa shape index (κ1) is 11.0. The first-order chi connectivity index (χ1) is 6.49. The fourth-order valence-corrected chi connectivity index (χ4v) is 1.23. The van der Waals surface area contributed by atoms with Crippen LogP contribution in [0.15, 0.2) is 10.5 Å². The van der Waals surface area contributed by atoms with Crippen LogP contribution in [0, 0.1) is 17.5 Å². The van der Waals surface area contributed by atoms with E-state index in [0.29, 0.717) is 6.07 Å². The van der Waals surface area contributed by atoms with Crippen LogP contribution in [-0.4, -0.2) is 13.1 Å². The molecule has 0 radical (unpaired) electrons. The van der Waals surface area contributed by atoms with Gasteiger partial charge >= 0.3 is 5.97 Å². The van der Waals surface area contributed by atoms with Crippen molar-refractivity contribution < 1.29 is 22.7 Å². The maximum atomic E-state index is 13.0. The maximum Gasteiger partial charge on any atom is 0.343 e. The number of hydrogen-bond acceptors (Lipinski definition) is 2. The van der Waals surface area contributed by atoms with Crippen LogP contribution in [0.1, 0.15) is 10.4 Å². The number of ether oxygens (including phenoxy) is 1. The molecule has 0 bridgehead atoms. The summed E-state index contributed by atoms with van der Waals surface area (Å²) in [6.07, 6.45) is 0. The Hall–Kier alpha value is -1.04. The molecule has 0 aromatic heterocycles. The molecule has 6 heteroatoms. The van der Waals surface area contributed by atoms with Gasteiger partial charge in [-0.05, 0) is 22.0 Å². The van der Waals surface area contributed by atoms with Gasteiger partial charge in [0.2, 0.25) is 0 Å². The fourth-order valence-electron chi connectivity index (χ4n) is 0.855. The van der Waals surface area contributed by atoms with E-state index in [0.717, 1.165) is 7.11 Å². The minimum absolute atomic E-state index is 0.389. The monoisotopic (exact) mass is 268 g/mol. The number of halogens is 4. The maximum absolute atomic E-state index is 13.0. The summed E-state index contributed by atoms with van der Waals surface area (Å²) in [6, 6.07) is 0.657. The Labute approximate surface area is 85.8 Å². The third kappa shape index (κ3) is 1.75. The lowest BCUT2D eigenvalue weighted by atomic mass is 10.2. The van der Waals surface area contributed by atoms with Crippen molar-refractivity contribution in [3.8, 4) is 0 Å².